The topological polar surface area (TPSA) is 72.4 Å². The van der Waals surface area contributed by atoms with Crippen molar-refractivity contribution in [2.24, 2.45) is 0 Å². The van der Waals surface area contributed by atoms with E-state index in [0.29, 0.717) is 24.5 Å². The van der Waals surface area contributed by atoms with Crippen LogP contribution in [0.3, 0.4) is 0 Å². The molecule has 2 aromatic rings. The van der Waals surface area contributed by atoms with Gasteiger partial charge in [-0.15, -0.1) is 0 Å². The van der Waals surface area contributed by atoms with Gasteiger partial charge in [-0.1, -0.05) is 17.3 Å². The van der Waals surface area contributed by atoms with Crippen LogP contribution in [0.4, 0.5) is 10.3 Å². The van der Waals surface area contributed by atoms with Gasteiger partial charge in [0.15, 0.2) is 0 Å². The SMILES string of the molecule is Nc1cc(C2CCN(C(=O)Cc3cccc(F)c3)CC2)no1. The van der Waals surface area contributed by atoms with Crippen molar-refractivity contribution in [3.05, 3.63) is 47.4 Å². The lowest BCUT2D eigenvalue weighted by Gasteiger charge is -2.31. The van der Waals surface area contributed by atoms with Crippen LogP contribution in [0, 0.1) is 5.82 Å². The standard InChI is InChI=1S/C16H18FN3O2/c17-13-3-1-2-11(8-13)9-16(21)20-6-4-12(5-7-20)14-10-15(18)22-19-14/h1-3,8,10,12H,4-7,9,18H2. The third kappa shape index (κ3) is 3.27. The second kappa shape index (κ2) is 6.17. The van der Waals surface area contributed by atoms with Gasteiger partial charge in [-0.05, 0) is 30.5 Å². The van der Waals surface area contributed by atoms with Gasteiger partial charge in [0.2, 0.25) is 11.8 Å². The molecule has 1 amide bonds. The van der Waals surface area contributed by atoms with Crippen LogP contribution in [0.15, 0.2) is 34.9 Å². The minimum atomic E-state index is -0.312. The Morgan fingerprint density at radius 2 is 2.14 bits per heavy atom. The number of piperidine rings is 1. The molecule has 22 heavy (non-hydrogen) atoms. The summed E-state index contributed by atoms with van der Waals surface area (Å²) in [5, 5.41) is 3.94. The predicted octanol–water partition coefficient (Wildman–Crippen LogP) is 2.34. The maximum atomic E-state index is 13.1. The van der Waals surface area contributed by atoms with E-state index in [1.165, 1.54) is 12.1 Å². The molecular formula is C16H18FN3O2. The fourth-order valence-corrected chi connectivity index (χ4v) is 2.85. The lowest BCUT2D eigenvalue weighted by atomic mass is 9.93. The largest absolute Gasteiger partial charge is 0.368 e. The average Bonchev–Trinajstić information content (AvgIpc) is 2.94. The molecule has 1 saturated heterocycles. The molecule has 6 heteroatoms. The number of carbonyl (C=O) groups excluding carboxylic acids is 1. The van der Waals surface area contributed by atoms with E-state index in [9.17, 15) is 9.18 Å². The number of carbonyl (C=O) groups is 1. The van der Waals surface area contributed by atoms with Crippen molar-refractivity contribution in [1.29, 1.82) is 0 Å². The summed E-state index contributed by atoms with van der Waals surface area (Å²) in [6, 6.07) is 7.92. The molecule has 5 nitrogen and oxygen atoms in total. The van der Waals surface area contributed by atoms with Crippen LogP contribution in [0.25, 0.3) is 0 Å². The number of anilines is 1. The van der Waals surface area contributed by atoms with Crippen molar-refractivity contribution in [3.8, 4) is 0 Å². The lowest BCUT2D eigenvalue weighted by Crippen LogP contribution is -2.38. The first kappa shape index (κ1) is 14.6. The van der Waals surface area contributed by atoms with E-state index in [1.807, 2.05) is 4.90 Å². The van der Waals surface area contributed by atoms with Crippen LogP contribution in [-0.4, -0.2) is 29.1 Å². The van der Waals surface area contributed by atoms with Crippen LogP contribution in [0.2, 0.25) is 0 Å². The van der Waals surface area contributed by atoms with Gasteiger partial charge in [0.1, 0.15) is 5.82 Å². The highest BCUT2D eigenvalue weighted by Crippen LogP contribution is 2.28. The number of rotatable bonds is 3. The minimum Gasteiger partial charge on any atom is -0.368 e. The van der Waals surface area contributed by atoms with E-state index in [-0.39, 0.29) is 24.1 Å². The van der Waals surface area contributed by atoms with Crippen LogP contribution in [0.1, 0.15) is 30.0 Å². The molecule has 1 fully saturated rings. The Morgan fingerprint density at radius 3 is 2.77 bits per heavy atom. The molecule has 1 aromatic heterocycles. The van der Waals surface area contributed by atoms with Gasteiger partial charge in [-0.25, -0.2) is 4.39 Å². The number of nitrogens with zero attached hydrogens (tertiary/aromatic N) is 2. The summed E-state index contributed by atoms with van der Waals surface area (Å²) in [5.74, 6) is 0.315. The number of halogens is 1. The number of aromatic nitrogens is 1. The molecule has 116 valence electrons. The van der Waals surface area contributed by atoms with E-state index in [4.69, 9.17) is 10.3 Å². The van der Waals surface area contributed by atoms with Crippen molar-refractivity contribution in [2.45, 2.75) is 25.2 Å². The van der Waals surface area contributed by atoms with Crippen molar-refractivity contribution >= 4 is 11.8 Å². The molecule has 0 unspecified atom stereocenters. The maximum absolute atomic E-state index is 13.1. The first-order valence-electron chi connectivity index (χ1n) is 7.36. The van der Waals surface area contributed by atoms with Crippen LogP contribution in [-0.2, 0) is 11.2 Å². The zero-order valence-electron chi connectivity index (χ0n) is 12.2. The Kier molecular flexibility index (Phi) is 4.09. The van der Waals surface area contributed by atoms with Gasteiger partial charge in [0.25, 0.3) is 0 Å². The second-order valence-electron chi connectivity index (χ2n) is 5.62. The first-order valence-corrected chi connectivity index (χ1v) is 7.36. The molecule has 0 bridgehead atoms. The van der Waals surface area contributed by atoms with Gasteiger partial charge in [-0.2, -0.15) is 0 Å². The summed E-state index contributed by atoms with van der Waals surface area (Å²) < 4.78 is 18.0. The zero-order valence-corrected chi connectivity index (χ0v) is 12.2. The number of nitrogen functional groups attached to an aromatic ring is 1. The summed E-state index contributed by atoms with van der Waals surface area (Å²) in [4.78, 5) is 14.1. The van der Waals surface area contributed by atoms with E-state index in [0.717, 1.165) is 18.5 Å². The highest BCUT2D eigenvalue weighted by Gasteiger charge is 2.25. The Morgan fingerprint density at radius 1 is 1.36 bits per heavy atom. The summed E-state index contributed by atoms with van der Waals surface area (Å²) in [6.45, 7) is 1.34. The van der Waals surface area contributed by atoms with Crippen LogP contribution in [0.5, 0.6) is 0 Å². The number of likely N-dealkylation sites (tertiary alicyclic amines) is 1. The molecule has 2 N–H and O–H groups in total. The summed E-state index contributed by atoms with van der Waals surface area (Å²) >= 11 is 0. The Labute approximate surface area is 127 Å². The van der Waals surface area contributed by atoms with Gasteiger partial charge in [0.05, 0.1) is 12.1 Å². The highest BCUT2D eigenvalue weighted by atomic mass is 19.1. The Balaban J connectivity index is 1.55. The summed E-state index contributed by atoms with van der Waals surface area (Å²) in [6.07, 6.45) is 1.90. The van der Waals surface area contributed by atoms with E-state index >= 15 is 0 Å². The van der Waals surface area contributed by atoms with Crippen molar-refractivity contribution in [1.82, 2.24) is 10.1 Å². The highest BCUT2D eigenvalue weighted by molar-refractivity contribution is 5.78. The molecule has 1 aliphatic rings. The smallest absolute Gasteiger partial charge is 0.226 e. The fourth-order valence-electron chi connectivity index (χ4n) is 2.85. The summed E-state index contributed by atoms with van der Waals surface area (Å²) in [5.41, 5.74) is 7.10. The van der Waals surface area contributed by atoms with E-state index < -0.39 is 0 Å². The fraction of sp³-hybridized carbons (Fsp3) is 0.375. The van der Waals surface area contributed by atoms with Crippen LogP contribution < -0.4 is 5.73 Å². The molecule has 0 atom stereocenters. The number of amides is 1. The van der Waals surface area contributed by atoms with Gasteiger partial charge >= 0.3 is 0 Å². The third-order valence-electron chi connectivity index (χ3n) is 4.06. The first-order chi connectivity index (χ1) is 10.6. The molecule has 0 radical (unpaired) electrons. The van der Waals surface area contributed by atoms with E-state index in [1.54, 1.807) is 18.2 Å². The maximum Gasteiger partial charge on any atom is 0.226 e. The number of benzene rings is 1. The number of nitrogens with two attached hydrogens (primary N) is 1. The van der Waals surface area contributed by atoms with Gasteiger partial charge < -0.3 is 15.2 Å². The molecular weight excluding hydrogens is 285 g/mol. The van der Waals surface area contributed by atoms with E-state index in [2.05, 4.69) is 5.16 Å². The average molecular weight is 303 g/mol. The molecule has 1 aromatic carbocycles. The minimum absolute atomic E-state index is 0.0312. The number of hydrogen-bond donors (Lipinski definition) is 1. The molecule has 0 saturated carbocycles. The van der Waals surface area contributed by atoms with Crippen molar-refractivity contribution in [2.75, 3.05) is 18.8 Å². The van der Waals surface area contributed by atoms with Gasteiger partial charge in [0, 0.05) is 25.1 Å². The molecule has 2 heterocycles. The summed E-state index contributed by atoms with van der Waals surface area (Å²) in [7, 11) is 0. The number of hydrogen-bond acceptors (Lipinski definition) is 4. The molecule has 0 aliphatic carbocycles. The quantitative estimate of drug-likeness (QED) is 0.944. The van der Waals surface area contributed by atoms with Crippen LogP contribution >= 0.6 is 0 Å². The second-order valence-corrected chi connectivity index (χ2v) is 5.62. The van der Waals surface area contributed by atoms with Crippen molar-refractivity contribution < 1.29 is 13.7 Å². The monoisotopic (exact) mass is 303 g/mol. The van der Waals surface area contributed by atoms with Gasteiger partial charge in [-0.3, -0.25) is 4.79 Å². The third-order valence-corrected chi connectivity index (χ3v) is 4.06. The normalized spacial score (nSPS) is 16.0. The Hall–Kier alpha value is -2.37. The molecule has 0 spiro atoms. The zero-order chi connectivity index (χ0) is 15.5. The lowest BCUT2D eigenvalue weighted by molar-refractivity contribution is -0.131. The Bertz CT molecular complexity index is 663. The predicted molar refractivity (Wildman–Crippen MR) is 79.6 cm³/mol. The molecule has 3 rings (SSSR count). The molecule has 1 aliphatic heterocycles. The van der Waals surface area contributed by atoms with Crippen molar-refractivity contribution in [3.63, 3.8) is 0 Å².